The molecule has 2 aliphatic rings. The van der Waals surface area contributed by atoms with E-state index in [0.29, 0.717) is 32.7 Å². The molecule has 0 saturated carbocycles. The lowest BCUT2D eigenvalue weighted by molar-refractivity contribution is -0.159. The second-order valence-electron chi connectivity index (χ2n) is 6.78. The minimum atomic E-state index is -4.23. The molecule has 2 heterocycles. The number of alkyl halides is 3. The Kier molecular flexibility index (Phi) is 4.57. The summed E-state index contributed by atoms with van der Waals surface area (Å²) in [6, 6.07) is 6.42. The summed E-state index contributed by atoms with van der Waals surface area (Å²) in [7, 11) is 0. The fourth-order valence-electron chi connectivity index (χ4n) is 3.84. The molecule has 2 atom stereocenters. The van der Waals surface area contributed by atoms with Gasteiger partial charge in [-0.1, -0.05) is 24.3 Å². The molecule has 3 rings (SSSR count). The second-order valence-corrected chi connectivity index (χ2v) is 6.78. The SMILES string of the molecule is O=C(O)[C@]12COCC[C@H]1CN(Cc1cccc(CC(F)(F)F)c1)C2. The van der Waals surface area contributed by atoms with Crippen molar-refractivity contribution in [2.75, 3.05) is 26.3 Å². The fraction of sp³-hybridized carbons (Fsp3) is 0.588. The third-order valence-corrected chi connectivity index (χ3v) is 4.96. The summed E-state index contributed by atoms with van der Waals surface area (Å²) in [5.74, 6) is -0.817. The van der Waals surface area contributed by atoms with Gasteiger partial charge in [0.1, 0.15) is 5.41 Å². The monoisotopic (exact) mass is 343 g/mol. The van der Waals surface area contributed by atoms with Crippen molar-refractivity contribution in [1.29, 1.82) is 0 Å². The van der Waals surface area contributed by atoms with Gasteiger partial charge in [-0.15, -0.1) is 0 Å². The number of hydrogen-bond donors (Lipinski definition) is 1. The number of nitrogens with zero attached hydrogens (tertiary/aromatic N) is 1. The van der Waals surface area contributed by atoms with Crippen LogP contribution >= 0.6 is 0 Å². The molecule has 0 aliphatic carbocycles. The Labute approximate surface area is 138 Å². The van der Waals surface area contributed by atoms with Crippen LogP contribution in [0, 0.1) is 11.3 Å². The molecule has 0 amide bonds. The summed E-state index contributed by atoms with van der Waals surface area (Å²) < 4.78 is 43.0. The van der Waals surface area contributed by atoms with Gasteiger partial charge >= 0.3 is 12.1 Å². The largest absolute Gasteiger partial charge is 0.481 e. The number of rotatable bonds is 4. The quantitative estimate of drug-likeness (QED) is 0.913. The standard InChI is InChI=1S/C17H20F3NO3/c18-17(19,20)7-12-2-1-3-13(6-12)8-21-9-14-4-5-24-11-16(14,10-21)15(22)23/h1-3,6,14H,4-5,7-11H2,(H,22,23)/t14-,16+/m0/s1. The normalized spacial score (nSPS) is 27.9. The summed E-state index contributed by atoms with van der Waals surface area (Å²) in [5, 5.41) is 9.62. The van der Waals surface area contributed by atoms with E-state index in [4.69, 9.17) is 4.74 Å². The van der Waals surface area contributed by atoms with Gasteiger partial charge in [-0.2, -0.15) is 13.2 Å². The molecule has 2 aliphatic heterocycles. The summed E-state index contributed by atoms with van der Waals surface area (Å²) in [6.45, 7) is 2.24. The van der Waals surface area contributed by atoms with Gasteiger partial charge in [0.15, 0.2) is 0 Å². The molecule has 0 aromatic heterocycles. The molecular weight excluding hydrogens is 323 g/mol. The first-order valence-corrected chi connectivity index (χ1v) is 7.97. The number of carboxylic acids is 1. The zero-order chi connectivity index (χ0) is 17.4. The first-order chi connectivity index (χ1) is 11.3. The highest BCUT2D eigenvalue weighted by atomic mass is 19.4. The minimum Gasteiger partial charge on any atom is -0.481 e. The Morgan fingerprint density at radius 2 is 2.12 bits per heavy atom. The molecule has 0 bridgehead atoms. The van der Waals surface area contributed by atoms with Crippen molar-refractivity contribution < 1.29 is 27.8 Å². The predicted octanol–water partition coefficient (Wildman–Crippen LogP) is 2.71. The van der Waals surface area contributed by atoms with Gasteiger partial charge in [0.05, 0.1) is 13.0 Å². The molecular formula is C17H20F3NO3. The number of likely N-dealkylation sites (tertiary alicyclic amines) is 1. The maximum atomic E-state index is 12.5. The molecule has 24 heavy (non-hydrogen) atoms. The number of fused-ring (bicyclic) bond motifs is 1. The maximum Gasteiger partial charge on any atom is 0.393 e. The summed E-state index contributed by atoms with van der Waals surface area (Å²) in [6.07, 6.45) is -4.47. The molecule has 1 aromatic rings. The molecule has 0 spiro atoms. The Morgan fingerprint density at radius 1 is 1.38 bits per heavy atom. The van der Waals surface area contributed by atoms with Gasteiger partial charge in [-0.25, -0.2) is 0 Å². The molecule has 0 unspecified atom stereocenters. The number of carbonyl (C=O) groups is 1. The van der Waals surface area contributed by atoms with E-state index in [2.05, 4.69) is 0 Å². The summed E-state index contributed by atoms with van der Waals surface area (Å²) in [5.41, 5.74) is 0.117. The van der Waals surface area contributed by atoms with Crippen LogP contribution in [0.25, 0.3) is 0 Å². The van der Waals surface area contributed by atoms with E-state index in [0.717, 1.165) is 5.56 Å². The van der Waals surface area contributed by atoms with Crippen molar-refractivity contribution in [2.24, 2.45) is 11.3 Å². The van der Waals surface area contributed by atoms with E-state index in [1.807, 2.05) is 4.90 Å². The van der Waals surface area contributed by atoms with Crippen LogP contribution in [0.15, 0.2) is 24.3 Å². The Balaban J connectivity index is 1.71. The Hall–Kier alpha value is -1.60. The van der Waals surface area contributed by atoms with E-state index in [-0.39, 0.29) is 18.1 Å². The van der Waals surface area contributed by atoms with Gasteiger partial charge in [0.2, 0.25) is 0 Å². The highest BCUT2D eigenvalue weighted by Gasteiger charge is 2.53. The first-order valence-electron chi connectivity index (χ1n) is 7.97. The average Bonchev–Trinajstić information content (AvgIpc) is 2.85. The van der Waals surface area contributed by atoms with Gasteiger partial charge in [0, 0.05) is 26.2 Å². The highest BCUT2D eigenvalue weighted by molar-refractivity contribution is 5.76. The van der Waals surface area contributed by atoms with E-state index in [1.165, 1.54) is 6.07 Å². The number of benzene rings is 1. The van der Waals surface area contributed by atoms with Crippen molar-refractivity contribution in [2.45, 2.75) is 25.6 Å². The number of carboxylic acid groups (broad SMARTS) is 1. The van der Waals surface area contributed by atoms with Crippen molar-refractivity contribution in [3.05, 3.63) is 35.4 Å². The van der Waals surface area contributed by atoms with Gasteiger partial charge in [-0.05, 0) is 23.5 Å². The second kappa shape index (κ2) is 6.37. The first kappa shape index (κ1) is 17.2. The number of hydrogen-bond acceptors (Lipinski definition) is 3. The van der Waals surface area contributed by atoms with Gasteiger partial charge < -0.3 is 9.84 Å². The lowest BCUT2D eigenvalue weighted by Crippen LogP contribution is -2.46. The van der Waals surface area contributed by atoms with Crippen LogP contribution in [0.1, 0.15) is 17.5 Å². The molecule has 2 fully saturated rings. The zero-order valence-electron chi connectivity index (χ0n) is 13.2. The summed E-state index contributed by atoms with van der Waals surface area (Å²) >= 11 is 0. The van der Waals surface area contributed by atoms with E-state index in [9.17, 15) is 23.1 Å². The predicted molar refractivity (Wildman–Crippen MR) is 80.5 cm³/mol. The van der Waals surface area contributed by atoms with E-state index < -0.39 is 24.0 Å². The molecule has 7 heteroatoms. The lowest BCUT2D eigenvalue weighted by Gasteiger charge is -2.34. The van der Waals surface area contributed by atoms with Crippen LogP contribution in [-0.2, 0) is 22.5 Å². The van der Waals surface area contributed by atoms with E-state index >= 15 is 0 Å². The van der Waals surface area contributed by atoms with Crippen LogP contribution in [0.2, 0.25) is 0 Å². The Morgan fingerprint density at radius 3 is 2.79 bits per heavy atom. The molecule has 1 aromatic carbocycles. The van der Waals surface area contributed by atoms with Crippen molar-refractivity contribution in [1.82, 2.24) is 4.90 Å². The molecule has 0 radical (unpaired) electrons. The smallest absolute Gasteiger partial charge is 0.393 e. The molecule has 132 valence electrons. The van der Waals surface area contributed by atoms with Gasteiger partial charge in [-0.3, -0.25) is 9.69 Å². The van der Waals surface area contributed by atoms with Crippen LogP contribution < -0.4 is 0 Å². The van der Waals surface area contributed by atoms with E-state index in [1.54, 1.807) is 18.2 Å². The number of aliphatic carboxylic acids is 1. The van der Waals surface area contributed by atoms with Crippen LogP contribution in [0.3, 0.4) is 0 Å². The fourth-order valence-corrected chi connectivity index (χ4v) is 3.84. The third kappa shape index (κ3) is 3.57. The minimum absolute atomic E-state index is 0.0297. The average molecular weight is 343 g/mol. The van der Waals surface area contributed by atoms with Gasteiger partial charge in [0.25, 0.3) is 0 Å². The van der Waals surface area contributed by atoms with Crippen LogP contribution in [-0.4, -0.2) is 48.5 Å². The topological polar surface area (TPSA) is 49.8 Å². The van der Waals surface area contributed by atoms with Crippen molar-refractivity contribution in [3.8, 4) is 0 Å². The molecule has 2 saturated heterocycles. The molecule has 1 N–H and O–H groups in total. The van der Waals surface area contributed by atoms with Crippen LogP contribution in [0.5, 0.6) is 0 Å². The number of halogens is 3. The summed E-state index contributed by atoms with van der Waals surface area (Å²) in [4.78, 5) is 13.7. The zero-order valence-corrected chi connectivity index (χ0v) is 13.2. The van der Waals surface area contributed by atoms with Crippen molar-refractivity contribution >= 4 is 5.97 Å². The van der Waals surface area contributed by atoms with Crippen molar-refractivity contribution in [3.63, 3.8) is 0 Å². The van der Waals surface area contributed by atoms with Crippen LogP contribution in [0.4, 0.5) is 13.2 Å². The number of ether oxygens (including phenoxy) is 1. The third-order valence-electron chi connectivity index (χ3n) is 4.96. The lowest BCUT2D eigenvalue weighted by atomic mass is 9.76. The Bertz CT molecular complexity index is 619. The maximum absolute atomic E-state index is 12.5. The molecule has 4 nitrogen and oxygen atoms in total. The highest BCUT2D eigenvalue weighted by Crippen LogP contribution is 2.42.